The number of aliphatic hydroxyl groups is 1. The van der Waals surface area contributed by atoms with Gasteiger partial charge in [-0.3, -0.25) is 19.6 Å². The number of benzene rings is 1. The van der Waals surface area contributed by atoms with Crippen molar-refractivity contribution in [3.63, 3.8) is 0 Å². The van der Waals surface area contributed by atoms with E-state index in [1.54, 1.807) is 18.2 Å². The molecule has 1 aromatic carbocycles. The Morgan fingerprint density at radius 1 is 1.35 bits per heavy atom. The molecular formula is C28H36N8O11S2. The number of nitrogens with zero attached hydrogens (tertiary/aromatic N) is 3. The number of aliphatic carboxylic acids is 1. The Labute approximate surface area is 284 Å². The van der Waals surface area contributed by atoms with Crippen molar-refractivity contribution in [2.45, 2.75) is 75.4 Å². The molecule has 2 amide bonds. The summed E-state index contributed by atoms with van der Waals surface area (Å²) in [6.07, 6.45) is 0.115. The number of aliphatic hydroxyl groups excluding tert-OH is 1. The van der Waals surface area contributed by atoms with Gasteiger partial charge in [-0.15, -0.1) is 15.6 Å². The molecule has 49 heavy (non-hydrogen) atoms. The Kier molecular flexibility index (Phi) is 9.87. The number of aryl methyl sites for hydroxylation is 1. The standard InChI is InChI=1S/C28H36N8O11S2/c1-27(2)21(24(39)36(27)47-49(42,43)44)34-23(38)20(17-12-48-26(30)33-17)35-46-28(3,25(40)41)19-7-5-13-8-14(4-6-18(13)45-19)22(29)32-15-9-16(11-37)31-10-15/h4,6,8,12,15-16,19,21,31,37H,5,7,9-11H2,1-3H3,(H2,29,32)(H2,30,33)(H,34,38)(H,40,41)(H,42,43,44)/t15-,16-,19?,21?,28?/m0/s1. The third kappa shape index (κ3) is 7.45. The molecular weight excluding hydrogens is 688 g/mol. The smallest absolute Gasteiger partial charge is 0.418 e. The molecule has 0 saturated carbocycles. The first-order valence-electron chi connectivity index (χ1n) is 14.9. The number of rotatable bonds is 12. The quantitative estimate of drug-likeness (QED) is 0.0435. The van der Waals surface area contributed by atoms with Crippen LogP contribution in [0.1, 0.15) is 50.4 Å². The Morgan fingerprint density at radius 2 is 2.08 bits per heavy atom. The Hall–Kier alpha value is -4.41. The zero-order valence-electron chi connectivity index (χ0n) is 26.5. The fourth-order valence-corrected chi connectivity index (χ4v) is 6.69. The summed E-state index contributed by atoms with van der Waals surface area (Å²) in [5, 5.41) is 42.5. The van der Waals surface area contributed by atoms with Crippen molar-refractivity contribution in [1.29, 1.82) is 5.41 Å². The number of nitrogens with one attached hydrogen (secondary N) is 4. The number of hydroxylamine groups is 2. The van der Waals surface area contributed by atoms with E-state index < -0.39 is 57.2 Å². The number of nitrogen functional groups attached to an aromatic ring is 1. The number of ether oxygens (including phenoxy) is 1. The van der Waals surface area contributed by atoms with Crippen molar-refractivity contribution in [1.82, 2.24) is 26.0 Å². The van der Waals surface area contributed by atoms with Crippen LogP contribution < -0.4 is 26.4 Å². The minimum absolute atomic E-state index is 0.0116. The molecule has 2 fully saturated rings. The Morgan fingerprint density at radius 3 is 2.67 bits per heavy atom. The van der Waals surface area contributed by atoms with Crippen molar-refractivity contribution >= 4 is 56.2 Å². The van der Waals surface area contributed by atoms with Crippen molar-refractivity contribution in [3.8, 4) is 5.75 Å². The van der Waals surface area contributed by atoms with Crippen LogP contribution in [-0.4, -0.2) is 111 Å². The minimum Gasteiger partial charge on any atom is -0.485 e. The molecule has 21 heteroatoms. The van der Waals surface area contributed by atoms with E-state index in [1.165, 1.54) is 26.2 Å². The van der Waals surface area contributed by atoms with Gasteiger partial charge < -0.3 is 41.5 Å². The molecule has 19 nitrogen and oxygen atoms in total. The second kappa shape index (κ2) is 13.5. The van der Waals surface area contributed by atoms with Crippen LogP contribution in [0.25, 0.3) is 0 Å². The largest absolute Gasteiger partial charge is 0.485 e. The van der Waals surface area contributed by atoms with E-state index in [1.807, 2.05) is 0 Å². The van der Waals surface area contributed by atoms with Crippen LogP contribution in [-0.2, 0) is 40.3 Å². The average molecular weight is 725 g/mol. The molecule has 0 bridgehead atoms. The second-order valence-electron chi connectivity index (χ2n) is 12.4. The first-order valence-corrected chi connectivity index (χ1v) is 17.2. The maximum Gasteiger partial charge on any atom is 0.418 e. The number of fused-ring (bicyclic) bond motifs is 1. The van der Waals surface area contributed by atoms with E-state index in [0.717, 1.165) is 16.9 Å². The van der Waals surface area contributed by atoms with Crippen LogP contribution in [0.5, 0.6) is 5.75 Å². The number of hydrogen-bond donors (Lipinski definition) is 8. The molecule has 9 N–H and O–H groups in total. The van der Waals surface area contributed by atoms with Crippen molar-refractivity contribution in [2.24, 2.45) is 5.16 Å². The molecule has 3 aliphatic rings. The number of thiazole rings is 1. The SMILES string of the molecule is CC(ON=C(C(=O)NC1C(=O)N(OS(=O)(=O)O)C1(C)C)c1csc(N)n1)(C(=O)O)C1CCc2cc(C(=N)N[C@@H]3CN[C@H](CO)C3)ccc2O1. The molecule has 2 saturated heterocycles. The van der Waals surface area contributed by atoms with E-state index in [9.17, 15) is 33.0 Å². The highest BCUT2D eigenvalue weighted by atomic mass is 32.3. The van der Waals surface area contributed by atoms with E-state index in [2.05, 4.69) is 30.4 Å². The van der Waals surface area contributed by atoms with Crippen LogP contribution in [0.2, 0.25) is 0 Å². The summed E-state index contributed by atoms with van der Waals surface area (Å²) in [6, 6.07) is 3.69. The fourth-order valence-electron chi connectivity index (χ4n) is 5.68. The van der Waals surface area contributed by atoms with Crippen molar-refractivity contribution < 1.29 is 51.4 Å². The van der Waals surface area contributed by atoms with Gasteiger partial charge in [-0.2, -0.15) is 13.5 Å². The summed E-state index contributed by atoms with van der Waals surface area (Å²) >= 11 is 0.956. The molecule has 5 rings (SSSR count). The van der Waals surface area contributed by atoms with Gasteiger partial charge in [0.15, 0.2) is 16.9 Å². The molecule has 2 aromatic rings. The molecule has 3 unspecified atom stereocenters. The van der Waals surface area contributed by atoms with E-state index in [-0.39, 0.29) is 41.8 Å². The highest BCUT2D eigenvalue weighted by molar-refractivity contribution is 7.80. The number of aromatic nitrogens is 1. The normalized spacial score (nSPS) is 24.6. The topological polar surface area (TPSA) is 288 Å². The molecule has 0 aliphatic carbocycles. The molecule has 0 radical (unpaired) electrons. The summed E-state index contributed by atoms with van der Waals surface area (Å²) in [5.74, 6) is -2.91. The van der Waals surface area contributed by atoms with Gasteiger partial charge in [0, 0.05) is 29.6 Å². The van der Waals surface area contributed by atoms with Gasteiger partial charge >= 0.3 is 16.4 Å². The zero-order valence-corrected chi connectivity index (χ0v) is 28.1. The number of anilines is 1. The van der Waals surface area contributed by atoms with E-state index >= 15 is 0 Å². The molecule has 266 valence electrons. The third-order valence-corrected chi connectivity index (χ3v) is 9.56. The number of amides is 2. The lowest BCUT2D eigenvalue weighted by atomic mass is 9.84. The molecule has 5 atom stereocenters. The maximum atomic E-state index is 13.4. The highest BCUT2D eigenvalue weighted by Crippen LogP contribution is 2.35. The minimum atomic E-state index is -5.04. The number of carbonyl (C=O) groups is 3. The summed E-state index contributed by atoms with van der Waals surface area (Å²) in [7, 11) is -5.04. The van der Waals surface area contributed by atoms with Crippen LogP contribution in [0.15, 0.2) is 28.7 Å². The molecule has 1 aromatic heterocycles. The van der Waals surface area contributed by atoms with Gasteiger partial charge in [0.05, 0.1) is 12.1 Å². The van der Waals surface area contributed by atoms with Gasteiger partial charge in [0.1, 0.15) is 23.3 Å². The first-order chi connectivity index (χ1) is 22.9. The van der Waals surface area contributed by atoms with Crippen LogP contribution >= 0.6 is 11.3 Å². The zero-order chi connectivity index (χ0) is 35.9. The lowest BCUT2D eigenvalue weighted by molar-refractivity contribution is -0.218. The number of nitrogens with two attached hydrogens (primary N) is 1. The number of β-lactam (4-membered cyclic amide) rings is 1. The maximum absolute atomic E-state index is 13.4. The van der Waals surface area contributed by atoms with Gasteiger partial charge in [-0.1, -0.05) is 5.16 Å². The van der Waals surface area contributed by atoms with Crippen LogP contribution in [0.4, 0.5) is 5.13 Å². The number of carbonyl (C=O) groups excluding carboxylic acids is 2. The predicted molar refractivity (Wildman–Crippen MR) is 172 cm³/mol. The van der Waals surface area contributed by atoms with Crippen molar-refractivity contribution in [3.05, 3.63) is 40.4 Å². The number of oxime groups is 1. The summed E-state index contributed by atoms with van der Waals surface area (Å²) in [6.45, 7) is 4.58. The highest BCUT2D eigenvalue weighted by Gasteiger charge is 2.58. The average Bonchev–Trinajstić information content (AvgIpc) is 3.69. The van der Waals surface area contributed by atoms with Crippen LogP contribution in [0, 0.1) is 5.41 Å². The Balaban J connectivity index is 1.32. The summed E-state index contributed by atoms with van der Waals surface area (Å²) < 4.78 is 41.7. The van der Waals surface area contributed by atoms with E-state index in [0.29, 0.717) is 35.8 Å². The lowest BCUT2D eigenvalue weighted by Gasteiger charge is -2.50. The monoisotopic (exact) mass is 724 g/mol. The molecule has 3 aliphatic heterocycles. The second-order valence-corrected chi connectivity index (χ2v) is 14.3. The van der Waals surface area contributed by atoms with E-state index in [4.69, 9.17) is 25.3 Å². The molecule has 4 heterocycles. The third-order valence-electron chi connectivity index (χ3n) is 8.55. The number of hydrogen-bond acceptors (Lipinski definition) is 15. The number of carboxylic acid groups (broad SMARTS) is 1. The van der Waals surface area contributed by atoms with Gasteiger partial charge in [-0.25, -0.2) is 9.78 Å². The van der Waals surface area contributed by atoms with Gasteiger partial charge in [0.2, 0.25) is 0 Å². The summed E-state index contributed by atoms with van der Waals surface area (Å²) in [4.78, 5) is 48.3. The number of carboxylic acids is 1. The predicted octanol–water partition coefficient (Wildman–Crippen LogP) is -0.839. The first kappa shape index (κ1) is 35.9. The van der Waals surface area contributed by atoms with Crippen LogP contribution in [0.3, 0.4) is 0 Å². The lowest BCUT2D eigenvalue weighted by Crippen LogP contribution is -2.76. The Bertz CT molecular complexity index is 1800. The van der Waals surface area contributed by atoms with Crippen molar-refractivity contribution in [2.75, 3.05) is 18.9 Å². The van der Waals surface area contributed by atoms with Gasteiger partial charge in [-0.05, 0) is 63.8 Å². The number of amidine groups is 1. The van der Waals surface area contributed by atoms with Gasteiger partial charge in [0.25, 0.3) is 17.4 Å². The molecule has 0 spiro atoms. The summed E-state index contributed by atoms with van der Waals surface area (Å²) in [5.41, 5.74) is 2.89. The fraction of sp³-hybridized carbons (Fsp3) is 0.500.